The topological polar surface area (TPSA) is 40.6 Å². The number of nitrogens with zero attached hydrogens (tertiary/aromatic N) is 2. The molecule has 0 aliphatic heterocycles. The maximum absolute atomic E-state index is 12.5. The first-order valence-electron chi connectivity index (χ1n) is 7.74. The smallest absolute Gasteiger partial charge is 0.167 e. The number of carbonyl (C=O) groups excluding carboxylic acids is 2. The molecular weight excluding hydrogens is 427 g/mol. The van der Waals surface area contributed by atoms with Crippen LogP contribution in [-0.2, 0) is 9.59 Å². The summed E-state index contributed by atoms with van der Waals surface area (Å²) in [4.78, 5) is 28.9. The van der Waals surface area contributed by atoms with Gasteiger partial charge in [-0.05, 0) is 46.4 Å². The summed E-state index contributed by atoms with van der Waals surface area (Å²) in [7, 11) is 7.54. The van der Waals surface area contributed by atoms with Crippen molar-refractivity contribution in [2.45, 2.75) is 12.8 Å². The summed E-state index contributed by atoms with van der Waals surface area (Å²) < 4.78 is 0. The summed E-state index contributed by atoms with van der Waals surface area (Å²) in [6.07, 6.45) is 2.07. The fourth-order valence-electron chi connectivity index (χ4n) is 2.03. The number of Topliss-reactive ketones (excluding diaryl/α,β-unsaturated/α-hetero) is 2. The van der Waals surface area contributed by atoms with Gasteiger partial charge in [-0.25, -0.2) is 0 Å². The first kappa shape index (κ1) is 24.3. The van der Waals surface area contributed by atoms with Crippen LogP contribution in [0, 0.1) is 0 Å². The van der Waals surface area contributed by atoms with Crippen molar-refractivity contribution < 1.29 is 9.59 Å². The minimum Gasteiger partial charge on any atom is -0.309 e. The Bertz CT molecular complexity index is 585. The molecule has 4 nitrogen and oxygen atoms in total. The van der Waals surface area contributed by atoms with Crippen molar-refractivity contribution in [2.75, 3.05) is 41.3 Å². The van der Waals surface area contributed by atoms with Crippen molar-refractivity contribution in [3.05, 3.63) is 39.4 Å². The van der Waals surface area contributed by atoms with Crippen molar-refractivity contribution >= 4 is 57.8 Å². The van der Waals surface area contributed by atoms with Crippen molar-refractivity contribution in [2.24, 2.45) is 0 Å². The van der Waals surface area contributed by atoms with E-state index in [2.05, 4.69) is 0 Å². The number of carbonyl (C=O) groups is 2. The summed E-state index contributed by atoms with van der Waals surface area (Å²) in [5.41, 5.74) is 0.668. The second-order valence-electron chi connectivity index (χ2n) is 6.15. The van der Waals surface area contributed by atoms with E-state index in [4.69, 9.17) is 23.2 Å². The lowest BCUT2D eigenvalue weighted by Gasteiger charge is -2.13. The van der Waals surface area contributed by atoms with Crippen LogP contribution in [0.5, 0.6) is 0 Å². The Kier molecular flexibility index (Phi) is 11.5. The summed E-state index contributed by atoms with van der Waals surface area (Å²) in [5.74, 6) is -0.383. The highest BCUT2D eigenvalue weighted by Crippen LogP contribution is 2.27. The molecule has 0 amide bonds. The summed E-state index contributed by atoms with van der Waals surface area (Å²) in [6.45, 7) is 1.15. The van der Waals surface area contributed by atoms with Crippen LogP contribution in [-0.4, -0.2) is 62.6 Å². The molecule has 0 saturated carbocycles. The van der Waals surface area contributed by atoms with Gasteiger partial charge < -0.3 is 9.80 Å². The Balaban J connectivity index is 0.00000576. The maximum Gasteiger partial charge on any atom is 0.167 e. The number of allylic oxidation sites excluding steroid dienone is 1. The Morgan fingerprint density at radius 2 is 1.32 bits per heavy atom. The van der Waals surface area contributed by atoms with E-state index >= 15 is 0 Å². The van der Waals surface area contributed by atoms with Gasteiger partial charge >= 0.3 is 0 Å². The lowest BCUT2D eigenvalue weighted by atomic mass is 9.98. The molecule has 1 aromatic rings. The van der Waals surface area contributed by atoms with Gasteiger partial charge in [-0.1, -0.05) is 29.3 Å². The van der Waals surface area contributed by atoms with Crippen LogP contribution < -0.4 is 0 Å². The second-order valence-corrected chi connectivity index (χ2v) is 6.96. The lowest BCUT2D eigenvalue weighted by molar-refractivity contribution is -0.121. The monoisotopic (exact) mass is 450 g/mol. The van der Waals surface area contributed by atoms with Gasteiger partial charge in [0.2, 0.25) is 0 Å². The van der Waals surface area contributed by atoms with E-state index in [1.54, 1.807) is 18.2 Å². The van der Waals surface area contributed by atoms with Crippen LogP contribution >= 0.6 is 40.2 Å². The first-order chi connectivity index (χ1) is 11.2. The molecule has 0 N–H and O–H groups in total. The van der Waals surface area contributed by atoms with Gasteiger partial charge in [0.25, 0.3) is 0 Å². The van der Waals surface area contributed by atoms with Crippen molar-refractivity contribution in [1.82, 2.24) is 9.80 Å². The SMILES string of the molecule is Br.CN(C)CCC(=O)C(=Cc1c(Cl)cccc1Cl)C(=O)CCN(C)C. The molecule has 0 aliphatic rings. The average Bonchev–Trinajstić information content (AvgIpc) is 2.50. The summed E-state index contributed by atoms with van der Waals surface area (Å²) in [6, 6.07) is 5.10. The molecule has 0 unspecified atom stereocenters. The van der Waals surface area contributed by atoms with Gasteiger partial charge in [0, 0.05) is 41.5 Å². The van der Waals surface area contributed by atoms with Gasteiger partial charge in [-0.3, -0.25) is 9.59 Å². The van der Waals surface area contributed by atoms with Gasteiger partial charge in [0.05, 0.1) is 5.57 Å². The second kappa shape index (κ2) is 11.8. The van der Waals surface area contributed by atoms with Gasteiger partial charge in [-0.2, -0.15) is 0 Å². The van der Waals surface area contributed by atoms with Crippen LogP contribution in [0.4, 0.5) is 0 Å². The number of hydrogen-bond acceptors (Lipinski definition) is 4. The number of ketones is 2. The van der Waals surface area contributed by atoms with Crippen molar-refractivity contribution in [3.63, 3.8) is 0 Å². The number of benzene rings is 1. The third-order valence-corrected chi connectivity index (χ3v) is 4.12. The first-order valence-corrected chi connectivity index (χ1v) is 8.49. The number of halogens is 3. The number of rotatable bonds is 9. The zero-order chi connectivity index (χ0) is 18.3. The quantitative estimate of drug-likeness (QED) is 0.323. The molecule has 0 heterocycles. The molecule has 0 fully saturated rings. The standard InChI is InChI=1S/C18H24Cl2N2O2.BrH/c1-21(2)10-8-17(23)14(18(24)9-11-22(3)4)12-13-15(19)6-5-7-16(13)20;/h5-7,12H,8-11H2,1-4H3;1H. The molecule has 0 aromatic heterocycles. The van der Waals surface area contributed by atoms with Crippen LogP contribution in [0.2, 0.25) is 10.0 Å². The lowest BCUT2D eigenvalue weighted by Crippen LogP contribution is -2.23. The van der Waals surface area contributed by atoms with E-state index in [1.807, 2.05) is 38.0 Å². The Morgan fingerprint density at radius 1 is 0.920 bits per heavy atom. The third kappa shape index (κ3) is 8.47. The molecule has 140 valence electrons. The third-order valence-electron chi connectivity index (χ3n) is 3.46. The normalized spacial score (nSPS) is 10.6. The minimum atomic E-state index is -0.191. The van der Waals surface area contributed by atoms with Gasteiger partial charge in [0.1, 0.15) is 0 Å². The average molecular weight is 452 g/mol. The Hall–Kier alpha value is -0.720. The maximum atomic E-state index is 12.5. The predicted molar refractivity (Wildman–Crippen MR) is 111 cm³/mol. The Labute approximate surface area is 170 Å². The van der Waals surface area contributed by atoms with Crippen molar-refractivity contribution in [3.8, 4) is 0 Å². The fourth-order valence-corrected chi connectivity index (χ4v) is 2.54. The Morgan fingerprint density at radius 3 is 1.68 bits per heavy atom. The minimum absolute atomic E-state index is 0. The molecular formula is C18H25BrCl2N2O2. The van der Waals surface area contributed by atoms with Crippen LogP contribution in [0.25, 0.3) is 6.08 Å². The van der Waals surface area contributed by atoms with Crippen LogP contribution in [0.3, 0.4) is 0 Å². The van der Waals surface area contributed by atoms with E-state index in [1.165, 1.54) is 6.08 Å². The van der Waals surface area contributed by atoms with E-state index in [9.17, 15) is 9.59 Å². The molecule has 0 bridgehead atoms. The predicted octanol–water partition coefficient (Wildman–Crippen LogP) is 4.00. The number of hydrogen-bond donors (Lipinski definition) is 0. The van der Waals surface area contributed by atoms with Gasteiger partial charge in [-0.15, -0.1) is 17.0 Å². The molecule has 1 rings (SSSR count). The molecule has 0 spiro atoms. The van der Waals surface area contributed by atoms with Crippen molar-refractivity contribution in [1.29, 1.82) is 0 Å². The zero-order valence-corrected chi connectivity index (χ0v) is 18.2. The zero-order valence-electron chi connectivity index (χ0n) is 15.0. The molecule has 0 aliphatic carbocycles. The highest BCUT2D eigenvalue weighted by Gasteiger charge is 2.19. The molecule has 0 atom stereocenters. The largest absolute Gasteiger partial charge is 0.309 e. The fraction of sp³-hybridized carbons (Fsp3) is 0.444. The van der Waals surface area contributed by atoms with E-state index in [0.29, 0.717) is 28.7 Å². The summed E-state index contributed by atoms with van der Waals surface area (Å²) in [5, 5.41) is 0.835. The molecule has 0 radical (unpaired) electrons. The molecule has 1 aromatic carbocycles. The highest BCUT2D eigenvalue weighted by atomic mass is 79.9. The molecule has 25 heavy (non-hydrogen) atoms. The van der Waals surface area contributed by atoms with Gasteiger partial charge in [0.15, 0.2) is 11.6 Å². The van der Waals surface area contributed by atoms with Crippen LogP contribution in [0.15, 0.2) is 23.8 Å². The van der Waals surface area contributed by atoms with Crippen LogP contribution in [0.1, 0.15) is 18.4 Å². The van der Waals surface area contributed by atoms with E-state index in [-0.39, 0.29) is 47.0 Å². The van der Waals surface area contributed by atoms with E-state index < -0.39 is 0 Å². The molecule has 0 saturated heterocycles. The highest BCUT2D eigenvalue weighted by molar-refractivity contribution is 8.93. The van der Waals surface area contributed by atoms with E-state index in [0.717, 1.165) is 0 Å². The molecule has 7 heteroatoms. The summed E-state index contributed by atoms with van der Waals surface area (Å²) >= 11 is 12.3.